The van der Waals surface area contributed by atoms with Gasteiger partial charge in [0.05, 0.1) is 26.0 Å². The molecule has 1 aromatic heterocycles. The highest BCUT2D eigenvalue weighted by atomic mass is 19.3. The van der Waals surface area contributed by atoms with Gasteiger partial charge in [-0.05, 0) is 48.1 Å². The van der Waals surface area contributed by atoms with Crippen molar-refractivity contribution in [1.82, 2.24) is 20.0 Å². The number of ether oxygens (including phenoxy) is 2. The average molecular weight is 524 g/mol. The van der Waals surface area contributed by atoms with Gasteiger partial charge in [-0.15, -0.1) is 0 Å². The number of aromatic nitrogens is 2. The van der Waals surface area contributed by atoms with E-state index in [1.165, 1.54) is 4.68 Å². The molecule has 3 aliphatic heterocycles. The quantitative estimate of drug-likeness (QED) is 0.504. The van der Waals surface area contributed by atoms with Crippen LogP contribution >= 0.6 is 0 Å². The van der Waals surface area contributed by atoms with Gasteiger partial charge in [0.2, 0.25) is 0 Å². The molecule has 0 spiro atoms. The number of hydrogen-bond donors (Lipinski definition) is 2. The lowest BCUT2D eigenvalue weighted by Gasteiger charge is -2.32. The van der Waals surface area contributed by atoms with Crippen molar-refractivity contribution in [1.29, 1.82) is 0 Å². The normalized spacial score (nSPS) is 24.2. The van der Waals surface area contributed by atoms with Crippen molar-refractivity contribution in [3.63, 3.8) is 0 Å². The SMILES string of the molecule is COc1ccc(C2CC(C(F)F)n3nc(-c4cccc(C(=O)N5CC6CNCC6C5)c4)cc3N2)cc1OC. The monoisotopic (exact) mass is 523 g/mol. The summed E-state index contributed by atoms with van der Waals surface area (Å²) < 4.78 is 40.5. The number of nitrogens with one attached hydrogen (secondary N) is 2. The van der Waals surface area contributed by atoms with Gasteiger partial charge in [0.25, 0.3) is 12.3 Å². The lowest BCUT2D eigenvalue weighted by Crippen LogP contribution is -2.31. The molecule has 6 rings (SSSR count). The van der Waals surface area contributed by atoms with E-state index in [9.17, 15) is 13.6 Å². The second kappa shape index (κ2) is 9.90. The highest BCUT2D eigenvalue weighted by molar-refractivity contribution is 5.95. The van der Waals surface area contributed by atoms with Gasteiger partial charge in [0, 0.05) is 43.4 Å². The molecule has 2 aromatic carbocycles. The molecule has 3 aliphatic rings. The summed E-state index contributed by atoms with van der Waals surface area (Å²) in [4.78, 5) is 15.2. The molecular formula is C28H31F2N5O3. The number of methoxy groups -OCH3 is 2. The standard InChI is InChI=1S/C28H31F2N5O3/c1-37-24-7-6-17(9-25(24)38-2)21-10-23(27(29)30)35-26(32-21)11-22(33-35)16-4-3-5-18(8-16)28(36)34-14-19-12-31-13-20(19)15-34/h3-9,11,19-21,23,27,31-32H,10,12-15H2,1-2H3. The van der Waals surface area contributed by atoms with E-state index in [0.29, 0.717) is 40.4 Å². The van der Waals surface area contributed by atoms with E-state index >= 15 is 0 Å². The van der Waals surface area contributed by atoms with E-state index in [2.05, 4.69) is 15.7 Å². The first-order chi connectivity index (χ1) is 18.4. The van der Waals surface area contributed by atoms with E-state index in [4.69, 9.17) is 9.47 Å². The van der Waals surface area contributed by atoms with Crippen LogP contribution < -0.4 is 20.1 Å². The van der Waals surface area contributed by atoms with Gasteiger partial charge in [0.15, 0.2) is 11.5 Å². The van der Waals surface area contributed by atoms with Crippen molar-refractivity contribution in [3.8, 4) is 22.8 Å². The molecule has 0 bridgehead atoms. The summed E-state index contributed by atoms with van der Waals surface area (Å²) >= 11 is 0. The summed E-state index contributed by atoms with van der Waals surface area (Å²) in [6, 6.07) is 13.1. The Hall–Kier alpha value is -3.66. The van der Waals surface area contributed by atoms with Gasteiger partial charge in [-0.1, -0.05) is 18.2 Å². The van der Waals surface area contributed by atoms with Crippen LogP contribution in [0, 0.1) is 11.8 Å². The Morgan fingerprint density at radius 3 is 2.50 bits per heavy atom. The molecule has 10 heteroatoms. The third kappa shape index (κ3) is 4.36. The van der Waals surface area contributed by atoms with Gasteiger partial charge >= 0.3 is 0 Å². The van der Waals surface area contributed by atoms with E-state index in [1.807, 2.05) is 41.3 Å². The fourth-order valence-corrected chi connectivity index (χ4v) is 5.99. The van der Waals surface area contributed by atoms with Crippen molar-refractivity contribution in [2.75, 3.05) is 45.7 Å². The minimum absolute atomic E-state index is 0.00215. The number of benzene rings is 2. The topological polar surface area (TPSA) is 80.7 Å². The number of fused-ring (bicyclic) bond motifs is 2. The van der Waals surface area contributed by atoms with Crippen LogP contribution in [-0.2, 0) is 0 Å². The van der Waals surface area contributed by atoms with Crippen molar-refractivity contribution >= 4 is 11.7 Å². The van der Waals surface area contributed by atoms with Gasteiger partial charge in [-0.3, -0.25) is 4.79 Å². The van der Waals surface area contributed by atoms with Gasteiger partial charge < -0.3 is 25.0 Å². The lowest BCUT2D eigenvalue weighted by molar-refractivity contribution is 0.0659. The van der Waals surface area contributed by atoms with Crippen molar-refractivity contribution in [2.45, 2.75) is 24.9 Å². The molecule has 2 N–H and O–H groups in total. The number of carbonyl (C=O) groups is 1. The van der Waals surface area contributed by atoms with E-state index in [0.717, 1.165) is 37.3 Å². The fraction of sp³-hybridized carbons (Fsp3) is 0.429. The molecule has 8 nitrogen and oxygen atoms in total. The van der Waals surface area contributed by atoms with E-state index in [1.54, 1.807) is 26.4 Å². The van der Waals surface area contributed by atoms with Crippen LogP contribution in [-0.4, -0.2) is 67.4 Å². The van der Waals surface area contributed by atoms with Crippen LogP contribution in [0.5, 0.6) is 11.5 Å². The average Bonchev–Trinajstić information content (AvgIpc) is 3.67. The molecule has 0 aliphatic carbocycles. The van der Waals surface area contributed by atoms with Crippen molar-refractivity contribution in [3.05, 3.63) is 59.7 Å². The maximum atomic E-state index is 14.2. The van der Waals surface area contributed by atoms with Crippen LogP contribution in [0.2, 0.25) is 0 Å². The summed E-state index contributed by atoms with van der Waals surface area (Å²) in [5.41, 5.74) is 2.67. The van der Waals surface area contributed by atoms with E-state index < -0.39 is 12.5 Å². The number of alkyl halides is 2. The minimum atomic E-state index is -2.59. The van der Waals surface area contributed by atoms with Gasteiger partial charge in [-0.25, -0.2) is 13.5 Å². The van der Waals surface area contributed by atoms with E-state index in [-0.39, 0.29) is 18.4 Å². The molecule has 0 saturated carbocycles. The molecule has 1 amide bonds. The number of likely N-dealkylation sites (tertiary alicyclic amines) is 1. The number of anilines is 1. The van der Waals surface area contributed by atoms with Crippen molar-refractivity contribution < 1.29 is 23.0 Å². The molecule has 4 atom stereocenters. The Kier molecular flexibility index (Phi) is 6.43. The number of rotatable bonds is 6. The summed E-state index contributed by atoms with van der Waals surface area (Å²) in [6.45, 7) is 3.43. The molecule has 4 heterocycles. The molecule has 200 valence electrons. The number of carbonyl (C=O) groups excluding carboxylic acids is 1. The Balaban J connectivity index is 1.27. The zero-order valence-electron chi connectivity index (χ0n) is 21.4. The molecule has 38 heavy (non-hydrogen) atoms. The predicted octanol–water partition coefficient (Wildman–Crippen LogP) is 4.22. The molecule has 3 aromatic rings. The molecule has 4 unspecified atom stereocenters. The first kappa shape index (κ1) is 24.7. The second-order valence-electron chi connectivity index (χ2n) is 10.3. The van der Waals surface area contributed by atoms with Crippen molar-refractivity contribution in [2.24, 2.45) is 11.8 Å². The summed E-state index contributed by atoms with van der Waals surface area (Å²) in [7, 11) is 3.10. The summed E-state index contributed by atoms with van der Waals surface area (Å²) in [5.74, 6) is 2.65. The van der Waals surface area contributed by atoms with Gasteiger partial charge in [-0.2, -0.15) is 5.10 Å². The highest BCUT2D eigenvalue weighted by Crippen LogP contribution is 2.41. The van der Waals surface area contributed by atoms with Gasteiger partial charge in [0.1, 0.15) is 11.9 Å². The molecule has 2 fully saturated rings. The number of halogens is 2. The Bertz CT molecular complexity index is 1330. The third-order valence-electron chi connectivity index (χ3n) is 8.03. The van der Waals surface area contributed by atoms with Crippen LogP contribution in [0.15, 0.2) is 48.5 Å². The third-order valence-corrected chi connectivity index (χ3v) is 8.03. The first-order valence-corrected chi connectivity index (χ1v) is 12.9. The highest BCUT2D eigenvalue weighted by Gasteiger charge is 2.38. The van der Waals surface area contributed by atoms with Crippen LogP contribution in [0.25, 0.3) is 11.3 Å². The maximum absolute atomic E-state index is 14.2. The zero-order valence-corrected chi connectivity index (χ0v) is 21.4. The first-order valence-electron chi connectivity index (χ1n) is 12.9. The fourth-order valence-electron chi connectivity index (χ4n) is 5.99. The Morgan fingerprint density at radius 1 is 1.03 bits per heavy atom. The van der Waals surface area contributed by atoms with Crippen LogP contribution in [0.3, 0.4) is 0 Å². The largest absolute Gasteiger partial charge is 0.493 e. The summed E-state index contributed by atoms with van der Waals surface area (Å²) in [6.07, 6.45) is -2.44. The lowest BCUT2D eigenvalue weighted by atomic mass is 9.97. The molecule has 2 saturated heterocycles. The maximum Gasteiger partial charge on any atom is 0.260 e. The van der Waals surface area contributed by atoms with Crippen LogP contribution in [0.1, 0.15) is 34.4 Å². The second-order valence-corrected chi connectivity index (χ2v) is 10.3. The summed E-state index contributed by atoms with van der Waals surface area (Å²) in [5, 5.41) is 11.3. The molecular weight excluding hydrogens is 492 g/mol. The number of amides is 1. The molecule has 0 radical (unpaired) electrons. The number of nitrogens with zero attached hydrogens (tertiary/aromatic N) is 3. The Labute approximate surface area is 219 Å². The predicted molar refractivity (Wildman–Crippen MR) is 139 cm³/mol. The zero-order chi connectivity index (χ0) is 26.4. The Morgan fingerprint density at radius 2 is 1.79 bits per heavy atom. The smallest absolute Gasteiger partial charge is 0.260 e. The van der Waals surface area contributed by atoms with Crippen LogP contribution in [0.4, 0.5) is 14.6 Å². The number of hydrogen-bond acceptors (Lipinski definition) is 6. The minimum Gasteiger partial charge on any atom is -0.493 e.